The second kappa shape index (κ2) is 6.27. The van der Waals surface area contributed by atoms with Crippen molar-refractivity contribution < 1.29 is 9.26 Å². The topological polar surface area (TPSA) is 48.2 Å². The Kier molecular flexibility index (Phi) is 4.43. The molecule has 106 valence electrons. The minimum absolute atomic E-state index is 0.356. The molecule has 2 aliphatic rings. The second-order valence-electron chi connectivity index (χ2n) is 5.60. The lowest BCUT2D eigenvalue weighted by atomic mass is 9.89. The van der Waals surface area contributed by atoms with Crippen LogP contribution >= 0.6 is 11.8 Å². The summed E-state index contributed by atoms with van der Waals surface area (Å²) in [6, 6.07) is 0. The predicted octanol–water partition coefficient (Wildman–Crippen LogP) is 3.53. The van der Waals surface area contributed by atoms with E-state index in [0.717, 1.165) is 30.5 Å². The van der Waals surface area contributed by atoms with Crippen LogP contribution in [0.15, 0.2) is 4.52 Å². The normalized spacial score (nSPS) is 28.9. The number of nitrogens with zero attached hydrogens (tertiary/aromatic N) is 2. The highest BCUT2D eigenvalue weighted by atomic mass is 32.2. The van der Waals surface area contributed by atoms with Crippen molar-refractivity contribution in [1.82, 2.24) is 10.1 Å². The first-order valence-corrected chi connectivity index (χ1v) is 8.43. The smallest absolute Gasteiger partial charge is 0.229 e. The summed E-state index contributed by atoms with van der Waals surface area (Å²) in [6.07, 6.45) is 7.87. The Hall–Kier alpha value is -0.550. The fourth-order valence-electron chi connectivity index (χ4n) is 2.95. The van der Waals surface area contributed by atoms with Gasteiger partial charge in [0.2, 0.25) is 5.89 Å². The molecule has 1 saturated heterocycles. The van der Waals surface area contributed by atoms with Crippen LogP contribution in [0.1, 0.15) is 63.1 Å². The van der Waals surface area contributed by atoms with Crippen molar-refractivity contribution in [3.63, 3.8) is 0 Å². The van der Waals surface area contributed by atoms with Gasteiger partial charge in [0.1, 0.15) is 0 Å². The molecular formula is C14H22N2O2S. The van der Waals surface area contributed by atoms with Crippen molar-refractivity contribution in [3.05, 3.63) is 11.7 Å². The van der Waals surface area contributed by atoms with Crippen molar-refractivity contribution in [2.75, 3.05) is 6.61 Å². The van der Waals surface area contributed by atoms with E-state index in [1.165, 1.54) is 32.1 Å². The molecule has 0 unspecified atom stereocenters. The fourth-order valence-corrected chi connectivity index (χ4v) is 4.05. The lowest BCUT2D eigenvalue weighted by molar-refractivity contribution is 0.127. The third kappa shape index (κ3) is 3.31. The SMILES string of the molecule is C[C@@H]1OCC[C@@H]1SCc1noc(C2CCCCC2)n1. The molecule has 4 nitrogen and oxygen atoms in total. The van der Waals surface area contributed by atoms with Gasteiger partial charge in [-0.3, -0.25) is 0 Å². The van der Waals surface area contributed by atoms with Gasteiger partial charge in [-0.25, -0.2) is 0 Å². The fraction of sp³-hybridized carbons (Fsp3) is 0.857. The monoisotopic (exact) mass is 282 g/mol. The Bertz CT molecular complexity index is 404. The average Bonchev–Trinajstić information content (AvgIpc) is 3.06. The molecule has 2 atom stereocenters. The van der Waals surface area contributed by atoms with Crippen LogP contribution in [0.2, 0.25) is 0 Å². The molecule has 0 radical (unpaired) electrons. The van der Waals surface area contributed by atoms with Crippen molar-refractivity contribution in [3.8, 4) is 0 Å². The zero-order valence-electron chi connectivity index (χ0n) is 11.5. The summed E-state index contributed by atoms with van der Waals surface area (Å²) in [4.78, 5) is 4.58. The molecular weight excluding hydrogens is 260 g/mol. The zero-order chi connectivity index (χ0) is 13.1. The van der Waals surface area contributed by atoms with E-state index < -0.39 is 0 Å². The second-order valence-corrected chi connectivity index (χ2v) is 6.83. The molecule has 1 aliphatic heterocycles. The lowest BCUT2D eigenvalue weighted by Gasteiger charge is -2.17. The number of rotatable bonds is 4. The van der Waals surface area contributed by atoms with Crippen molar-refractivity contribution in [2.45, 2.75) is 68.5 Å². The van der Waals surface area contributed by atoms with E-state index in [2.05, 4.69) is 17.1 Å². The van der Waals surface area contributed by atoms with E-state index in [1.807, 2.05) is 11.8 Å². The molecule has 0 N–H and O–H groups in total. The van der Waals surface area contributed by atoms with Gasteiger partial charge in [-0.05, 0) is 26.2 Å². The summed E-state index contributed by atoms with van der Waals surface area (Å²) >= 11 is 1.90. The molecule has 0 bridgehead atoms. The van der Waals surface area contributed by atoms with E-state index in [0.29, 0.717) is 17.3 Å². The molecule has 5 heteroatoms. The number of thioether (sulfide) groups is 1. The molecule has 3 rings (SSSR count). The Morgan fingerprint density at radius 1 is 1.21 bits per heavy atom. The van der Waals surface area contributed by atoms with Gasteiger partial charge in [0.05, 0.1) is 11.9 Å². The van der Waals surface area contributed by atoms with Crippen LogP contribution in [-0.2, 0) is 10.5 Å². The van der Waals surface area contributed by atoms with Crippen LogP contribution in [0.4, 0.5) is 0 Å². The van der Waals surface area contributed by atoms with Gasteiger partial charge in [0.15, 0.2) is 5.82 Å². The van der Waals surface area contributed by atoms with Gasteiger partial charge in [0.25, 0.3) is 0 Å². The lowest BCUT2D eigenvalue weighted by Crippen LogP contribution is -2.13. The Labute approximate surface area is 118 Å². The highest BCUT2D eigenvalue weighted by molar-refractivity contribution is 7.99. The van der Waals surface area contributed by atoms with Crippen molar-refractivity contribution in [2.24, 2.45) is 0 Å². The standard InChI is InChI=1S/C14H22N2O2S/c1-10-12(7-8-17-10)19-9-13-15-14(18-16-13)11-5-3-2-4-6-11/h10-12H,2-9H2,1H3/t10-,12-/m0/s1. The minimum Gasteiger partial charge on any atom is -0.377 e. The van der Waals surface area contributed by atoms with Gasteiger partial charge in [-0.15, -0.1) is 11.8 Å². The summed E-state index contributed by atoms with van der Waals surface area (Å²) in [5.74, 6) is 3.07. The number of ether oxygens (including phenoxy) is 1. The van der Waals surface area contributed by atoms with Crippen molar-refractivity contribution in [1.29, 1.82) is 0 Å². The summed E-state index contributed by atoms with van der Waals surface area (Å²) < 4.78 is 11.0. The van der Waals surface area contributed by atoms with Crippen LogP contribution in [0.3, 0.4) is 0 Å². The van der Waals surface area contributed by atoms with E-state index in [9.17, 15) is 0 Å². The predicted molar refractivity (Wildman–Crippen MR) is 75.2 cm³/mol. The third-order valence-corrected chi connectivity index (χ3v) is 5.64. The van der Waals surface area contributed by atoms with Gasteiger partial charge in [-0.1, -0.05) is 24.4 Å². The van der Waals surface area contributed by atoms with Gasteiger partial charge in [-0.2, -0.15) is 4.98 Å². The maximum absolute atomic E-state index is 5.57. The third-order valence-electron chi connectivity index (χ3n) is 4.17. The number of hydrogen-bond donors (Lipinski definition) is 0. The molecule has 0 aromatic carbocycles. The van der Waals surface area contributed by atoms with Crippen molar-refractivity contribution >= 4 is 11.8 Å². The molecule has 19 heavy (non-hydrogen) atoms. The molecule has 1 aromatic rings. The number of aromatic nitrogens is 2. The van der Waals surface area contributed by atoms with E-state index in [4.69, 9.17) is 9.26 Å². The molecule has 1 aliphatic carbocycles. The Morgan fingerprint density at radius 3 is 2.79 bits per heavy atom. The largest absolute Gasteiger partial charge is 0.377 e. The average molecular weight is 282 g/mol. The highest BCUT2D eigenvalue weighted by Crippen LogP contribution is 2.32. The number of hydrogen-bond acceptors (Lipinski definition) is 5. The summed E-state index contributed by atoms with van der Waals surface area (Å²) in [7, 11) is 0. The molecule has 0 amide bonds. The summed E-state index contributed by atoms with van der Waals surface area (Å²) in [6.45, 7) is 3.03. The van der Waals surface area contributed by atoms with Crippen LogP contribution in [-0.4, -0.2) is 28.1 Å². The first-order valence-electron chi connectivity index (χ1n) is 7.38. The Morgan fingerprint density at radius 2 is 2.05 bits per heavy atom. The van der Waals surface area contributed by atoms with Crippen LogP contribution in [0.25, 0.3) is 0 Å². The van der Waals surface area contributed by atoms with E-state index in [-0.39, 0.29) is 0 Å². The maximum atomic E-state index is 5.57. The minimum atomic E-state index is 0.356. The van der Waals surface area contributed by atoms with Crippen LogP contribution in [0.5, 0.6) is 0 Å². The molecule has 2 fully saturated rings. The zero-order valence-corrected chi connectivity index (χ0v) is 12.3. The van der Waals surface area contributed by atoms with E-state index >= 15 is 0 Å². The molecule has 1 saturated carbocycles. The van der Waals surface area contributed by atoms with Gasteiger partial charge < -0.3 is 9.26 Å². The highest BCUT2D eigenvalue weighted by Gasteiger charge is 2.26. The Balaban J connectivity index is 1.52. The first kappa shape index (κ1) is 13.4. The molecule has 0 spiro atoms. The quantitative estimate of drug-likeness (QED) is 0.845. The summed E-state index contributed by atoms with van der Waals surface area (Å²) in [5.41, 5.74) is 0. The maximum Gasteiger partial charge on any atom is 0.229 e. The van der Waals surface area contributed by atoms with Gasteiger partial charge in [0, 0.05) is 17.8 Å². The molecule has 1 aromatic heterocycles. The first-order chi connectivity index (χ1) is 9.33. The van der Waals surface area contributed by atoms with Crippen LogP contribution in [0, 0.1) is 0 Å². The molecule has 2 heterocycles. The van der Waals surface area contributed by atoms with E-state index in [1.54, 1.807) is 0 Å². The van der Waals surface area contributed by atoms with Gasteiger partial charge >= 0.3 is 0 Å². The van der Waals surface area contributed by atoms with Crippen LogP contribution < -0.4 is 0 Å². The summed E-state index contributed by atoms with van der Waals surface area (Å²) in [5, 5.41) is 4.71.